The van der Waals surface area contributed by atoms with E-state index < -0.39 is 48.3 Å². The van der Waals surface area contributed by atoms with Crippen LogP contribution in [0, 0.1) is 23.7 Å². The Hall–Kier alpha value is -3.39. The maximum Gasteiger partial charge on any atom is 0.245 e. The summed E-state index contributed by atoms with van der Waals surface area (Å²) in [4.78, 5) is 71.5. The first-order chi connectivity index (χ1) is 25.0. The topological polar surface area (TPSA) is 156 Å². The normalized spacial score (nSPS) is 20.5. The summed E-state index contributed by atoms with van der Waals surface area (Å²) in [5.74, 6) is -2.24. The fraction of sp³-hybridized carbons (Fsp3) is 0.725. The van der Waals surface area contributed by atoms with E-state index in [9.17, 15) is 24.0 Å². The summed E-state index contributed by atoms with van der Waals surface area (Å²) in [7, 11) is 8.07. The molecule has 0 radical (unpaired) electrons. The maximum atomic E-state index is 14.3. The van der Waals surface area contributed by atoms with Crippen molar-refractivity contribution in [2.75, 3.05) is 42.0 Å². The molecule has 1 aliphatic rings. The molecular formula is C40H67N5O8. The first-order valence-corrected chi connectivity index (χ1v) is 19.0. The molecule has 0 aromatic heterocycles. The van der Waals surface area contributed by atoms with Gasteiger partial charge in [0, 0.05) is 40.5 Å². The molecule has 1 fully saturated rings. The van der Waals surface area contributed by atoms with Crippen LogP contribution in [0.15, 0.2) is 30.3 Å². The molecular weight excluding hydrogens is 678 g/mol. The van der Waals surface area contributed by atoms with Crippen molar-refractivity contribution in [3.8, 4) is 0 Å². The van der Waals surface area contributed by atoms with Crippen LogP contribution in [-0.2, 0) is 33.4 Å². The van der Waals surface area contributed by atoms with Crippen molar-refractivity contribution < 1.29 is 38.2 Å². The molecule has 1 aliphatic heterocycles. The van der Waals surface area contributed by atoms with Crippen molar-refractivity contribution in [1.29, 1.82) is 0 Å². The molecule has 0 bridgehead atoms. The van der Waals surface area contributed by atoms with Crippen molar-refractivity contribution >= 4 is 29.4 Å². The van der Waals surface area contributed by atoms with Crippen molar-refractivity contribution in [3.05, 3.63) is 35.9 Å². The Morgan fingerprint density at radius 3 is 1.96 bits per heavy atom. The molecule has 53 heavy (non-hydrogen) atoms. The highest BCUT2D eigenvalue weighted by molar-refractivity contribution is 6.01. The summed E-state index contributed by atoms with van der Waals surface area (Å²) in [5.41, 5.74) is 0.500. The molecule has 1 heterocycles. The van der Waals surface area contributed by atoms with Crippen LogP contribution < -0.4 is 16.0 Å². The minimum absolute atomic E-state index is 0.0204. The fourth-order valence-corrected chi connectivity index (χ4v) is 7.46. The minimum atomic E-state index is -0.784. The van der Waals surface area contributed by atoms with Crippen LogP contribution in [0.5, 0.6) is 0 Å². The second kappa shape index (κ2) is 21.5. The quantitative estimate of drug-likeness (QED) is 0.161. The molecule has 4 amide bonds. The highest BCUT2D eigenvalue weighted by atomic mass is 16.5. The zero-order chi connectivity index (χ0) is 40.2. The number of nitrogens with zero attached hydrogens (tertiary/aromatic N) is 2. The molecule has 1 aromatic rings. The van der Waals surface area contributed by atoms with E-state index in [1.54, 1.807) is 69.1 Å². The Kier molecular flexibility index (Phi) is 18.6. The molecule has 1 aromatic carbocycles. The number of likely N-dealkylation sites (N-methyl/N-ethyl adjacent to an activating group) is 2. The van der Waals surface area contributed by atoms with Crippen molar-refractivity contribution in [2.45, 2.75) is 123 Å². The number of amides is 4. The second-order valence-corrected chi connectivity index (χ2v) is 15.2. The van der Waals surface area contributed by atoms with Gasteiger partial charge in [0.25, 0.3) is 0 Å². The number of ketones is 1. The van der Waals surface area contributed by atoms with Gasteiger partial charge in [0.1, 0.15) is 6.04 Å². The molecule has 0 spiro atoms. The Labute approximate surface area is 317 Å². The average Bonchev–Trinajstić information content (AvgIpc) is 3.57. The predicted molar refractivity (Wildman–Crippen MR) is 205 cm³/mol. The first kappa shape index (κ1) is 45.8. The van der Waals surface area contributed by atoms with Gasteiger partial charge < -0.3 is 40.0 Å². The minimum Gasteiger partial charge on any atom is -0.380 e. The van der Waals surface area contributed by atoms with Crippen LogP contribution in [-0.4, -0.2) is 130 Å². The summed E-state index contributed by atoms with van der Waals surface area (Å²) in [6.07, 6.45) is -0.536. The maximum absolute atomic E-state index is 14.3. The van der Waals surface area contributed by atoms with Crippen LogP contribution in [0.25, 0.3) is 0 Å². The van der Waals surface area contributed by atoms with E-state index >= 15 is 0 Å². The lowest BCUT2D eigenvalue weighted by Gasteiger charge is -2.41. The van der Waals surface area contributed by atoms with E-state index in [0.717, 1.165) is 0 Å². The van der Waals surface area contributed by atoms with Gasteiger partial charge >= 0.3 is 0 Å². The molecule has 2 rings (SSSR count). The van der Waals surface area contributed by atoms with Gasteiger partial charge in [-0.1, -0.05) is 85.2 Å². The number of benzene rings is 1. The van der Waals surface area contributed by atoms with Gasteiger partial charge in [0.05, 0.1) is 54.8 Å². The van der Waals surface area contributed by atoms with E-state index in [-0.39, 0.29) is 59.7 Å². The van der Waals surface area contributed by atoms with E-state index in [0.29, 0.717) is 24.9 Å². The van der Waals surface area contributed by atoms with Crippen LogP contribution in [0.1, 0.15) is 85.0 Å². The lowest BCUT2D eigenvalue weighted by atomic mass is 9.89. The first-order valence-electron chi connectivity index (χ1n) is 19.0. The summed E-state index contributed by atoms with van der Waals surface area (Å²) < 4.78 is 17.6. The van der Waals surface area contributed by atoms with Crippen molar-refractivity contribution in [2.24, 2.45) is 23.7 Å². The largest absolute Gasteiger partial charge is 0.380 e. The van der Waals surface area contributed by atoms with Crippen molar-refractivity contribution in [3.63, 3.8) is 0 Å². The van der Waals surface area contributed by atoms with E-state index in [1.165, 1.54) is 14.2 Å². The summed E-state index contributed by atoms with van der Waals surface area (Å²) in [5, 5.41) is 8.86. The SMILES string of the molecule is CCC(C)[C@@H]([C@H](CC(=O)N1C[C@H](OC)C[C@@H]1[C@H](OC)[C@@H](C)C(=O)N[C@H](C)C(=O)c1ccccc1)OC)N(C)C(=O)[C@@H](NC(=O)[C@@H](NC)C(C)C)C(C)C. The number of likely N-dealkylation sites (tertiary alicyclic amines) is 1. The number of ether oxygens (including phenoxy) is 3. The Balaban J connectivity index is 2.32. The number of Topliss-reactive ketones (excluding diaryl/α,β-unsaturated/α-hetero) is 1. The number of methoxy groups -OCH3 is 3. The number of hydrogen-bond acceptors (Lipinski definition) is 9. The van der Waals surface area contributed by atoms with Gasteiger partial charge in [-0.05, 0) is 38.1 Å². The second-order valence-electron chi connectivity index (χ2n) is 15.2. The van der Waals surface area contributed by atoms with E-state index in [1.807, 2.05) is 47.6 Å². The number of carbonyl (C=O) groups is 5. The molecule has 13 nitrogen and oxygen atoms in total. The highest BCUT2D eigenvalue weighted by Gasteiger charge is 2.46. The molecule has 0 saturated carbocycles. The van der Waals surface area contributed by atoms with Gasteiger partial charge in [-0.3, -0.25) is 24.0 Å². The van der Waals surface area contributed by atoms with Gasteiger partial charge in [0.2, 0.25) is 23.6 Å². The van der Waals surface area contributed by atoms with Crippen LogP contribution >= 0.6 is 0 Å². The summed E-state index contributed by atoms with van der Waals surface area (Å²) >= 11 is 0. The van der Waals surface area contributed by atoms with Gasteiger partial charge in [-0.15, -0.1) is 0 Å². The molecule has 10 atom stereocenters. The molecule has 0 aliphatic carbocycles. The monoisotopic (exact) mass is 745 g/mol. The Bertz CT molecular complexity index is 1340. The number of rotatable bonds is 21. The molecule has 3 N–H and O–H groups in total. The third-order valence-corrected chi connectivity index (χ3v) is 10.9. The zero-order valence-electron chi connectivity index (χ0n) is 34.3. The molecule has 13 heteroatoms. The highest BCUT2D eigenvalue weighted by Crippen LogP contribution is 2.31. The standard InChI is InChI=1S/C40H67N5O8/c1-14-25(6)35(44(10)40(50)34(24(4)5)43-39(49)33(41-9)23(2)3)31(52-12)21-32(46)45-22-29(51-11)20-30(45)37(53-13)26(7)38(48)42-27(8)36(47)28-18-16-15-17-19-28/h15-19,23-27,29-31,33-35,37,41H,14,20-22H2,1-13H3,(H,42,48)(H,43,49)/t25?,26-,27-,29-,30-,31+,33+,34+,35+,37-/m1/s1. The van der Waals surface area contributed by atoms with Gasteiger partial charge in [0.15, 0.2) is 5.78 Å². The Morgan fingerprint density at radius 2 is 1.47 bits per heavy atom. The predicted octanol–water partition coefficient (Wildman–Crippen LogP) is 3.30. The van der Waals surface area contributed by atoms with Crippen LogP contribution in [0.3, 0.4) is 0 Å². The molecule has 300 valence electrons. The van der Waals surface area contributed by atoms with Crippen LogP contribution in [0.2, 0.25) is 0 Å². The molecule has 1 saturated heterocycles. The number of nitrogens with one attached hydrogen (secondary N) is 3. The fourth-order valence-electron chi connectivity index (χ4n) is 7.46. The summed E-state index contributed by atoms with van der Waals surface area (Å²) in [6.45, 7) is 15.4. The van der Waals surface area contributed by atoms with E-state index in [2.05, 4.69) is 16.0 Å². The number of carbonyl (C=O) groups excluding carboxylic acids is 5. The average molecular weight is 746 g/mol. The zero-order valence-corrected chi connectivity index (χ0v) is 34.3. The smallest absolute Gasteiger partial charge is 0.245 e. The van der Waals surface area contributed by atoms with Gasteiger partial charge in [-0.25, -0.2) is 0 Å². The molecule has 1 unspecified atom stereocenters. The lowest BCUT2D eigenvalue weighted by molar-refractivity contribution is -0.148. The summed E-state index contributed by atoms with van der Waals surface area (Å²) in [6, 6.07) is 5.78. The van der Waals surface area contributed by atoms with Gasteiger partial charge in [-0.2, -0.15) is 0 Å². The van der Waals surface area contributed by atoms with Crippen LogP contribution in [0.4, 0.5) is 0 Å². The lowest BCUT2D eigenvalue weighted by Crippen LogP contribution is -2.59. The Morgan fingerprint density at radius 1 is 0.868 bits per heavy atom. The van der Waals surface area contributed by atoms with E-state index in [4.69, 9.17) is 14.2 Å². The third-order valence-electron chi connectivity index (χ3n) is 10.9. The third kappa shape index (κ3) is 11.8. The number of hydrogen-bond donors (Lipinski definition) is 3. The van der Waals surface area contributed by atoms with Crippen molar-refractivity contribution in [1.82, 2.24) is 25.8 Å².